The van der Waals surface area contributed by atoms with Crippen molar-refractivity contribution in [2.24, 2.45) is 5.10 Å². The minimum absolute atomic E-state index is 0.0608. The fourth-order valence-electron chi connectivity index (χ4n) is 4.59. The smallest absolute Gasteiger partial charge is 0.282 e. The molecular formula is C33H23BrFIN4O5. The third kappa shape index (κ3) is 6.61. The molecular weight excluding hydrogens is 758 g/mol. The molecule has 2 heterocycles. The second-order valence-corrected chi connectivity index (χ2v) is 11.8. The Balaban J connectivity index is 1.33. The Morgan fingerprint density at radius 2 is 1.89 bits per heavy atom. The number of nitrogens with zero attached hydrogens (tertiary/aromatic N) is 3. The monoisotopic (exact) mass is 780 g/mol. The number of nitrogens with one attached hydrogen (secondary N) is 1. The van der Waals surface area contributed by atoms with Crippen molar-refractivity contribution in [3.8, 4) is 23.1 Å². The second-order valence-electron chi connectivity index (χ2n) is 9.69. The molecule has 0 bridgehead atoms. The third-order valence-electron chi connectivity index (χ3n) is 6.60. The largest absolute Gasteiger partial charge is 0.490 e. The molecule has 0 atom stereocenters. The summed E-state index contributed by atoms with van der Waals surface area (Å²) in [6.45, 7) is 1.78. The van der Waals surface area contributed by atoms with E-state index in [1.165, 1.54) is 29.1 Å². The van der Waals surface area contributed by atoms with Gasteiger partial charge in [-0.3, -0.25) is 9.59 Å². The van der Waals surface area contributed by atoms with Crippen LogP contribution in [0.15, 0.2) is 104 Å². The van der Waals surface area contributed by atoms with Crippen molar-refractivity contribution >= 4 is 78.2 Å². The van der Waals surface area contributed by atoms with Crippen molar-refractivity contribution < 1.29 is 23.1 Å². The van der Waals surface area contributed by atoms with E-state index in [9.17, 15) is 14.0 Å². The van der Waals surface area contributed by atoms with Crippen molar-refractivity contribution in [1.82, 2.24) is 9.66 Å². The van der Waals surface area contributed by atoms with Crippen LogP contribution in [-0.4, -0.2) is 35.0 Å². The van der Waals surface area contributed by atoms with Gasteiger partial charge in [0.2, 0.25) is 5.82 Å². The molecule has 226 valence electrons. The zero-order chi connectivity index (χ0) is 31.5. The molecule has 45 heavy (non-hydrogen) atoms. The highest BCUT2D eigenvalue weighted by atomic mass is 127. The Hall–Kier alpha value is -4.56. The lowest BCUT2D eigenvalue weighted by atomic mass is 10.2. The second kappa shape index (κ2) is 13.2. The first-order valence-electron chi connectivity index (χ1n) is 13.7. The van der Waals surface area contributed by atoms with Crippen molar-refractivity contribution in [3.05, 3.63) is 115 Å². The molecule has 6 aromatic rings. The molecule has 0 aliphatic heterocycles. The van der Waals surface area contributed by atoms with Gasteiger partial charge < -0.3 is 19.2 Å². The Bertz CT molecular complexity index is 2160. The van der Waals surface area contributed by atoms with Gasteiger partial charge in [-0.1, -0.05) is 40.2 Å². The van der Waals surface area contributed by atoms with Crippen LogP contribution in [0.2, 0.25) is 0 Å². The van der Waals surface area contributed by atoms with Gasteiger partial charge in [-0.25, -0.2) is 9.37 Å². The summed E-state index contributed by atoms with van der Waals surface area (Å²) in [4.78, 5) is 30.9. The van der Waals surface area contributed by atoms with Gasteiger partial charge in [-0.05, 0) is 95.7 Å². The maximum atomic E-state index is 13.9. The molecule has 0 spiro atoms. The number of fused-ring (bicyclic) bond motifs is 2. The summed E-state index contributed by atoms with van der Waals surface area (Å²) in [7, 11) is 0. The zero-order valence-electron chi connectivity index (χ0n) is 23.6. The fourth-order valence-corrected chi connectivity index (χ4v) is 5.75. The Kier molecular flexibility index (Phi) is 8.94. The number of halogens is 3. The Morgan fingerprint density at radius 3 is 2.71 bits per heavy atom. The van der Waals surface area contributed by atoms with E-state index < -0.39 is 11.7 Å². The van der Waals surface area contributed by atoms with E-state index in [1.807, 2.05) is 37.3 Å². The first kappa shape index (κ1) is 30.5. The van der Waals surface area contributed by atoms with Gasteiger partial charge in [0.25, 0.3) is 11.5 Å². The van der Waals surface area contributed by atoms with Gasteiger partial charge in [0.15, 0.2) is 23.9 Å². The minimum atomic E-state index is -0.545. The summed E-state index contributed by atoms with van der Waals surface area (Å²) in [5.41, 5.74) is 1.45. The highest BCUT2D eigenvalue weighted by Gasteiger charge is 2.18. The molecule has 0 saturated heterocycles. The van der Waals surface area contributed by atoms with Crippen molar-refractivity contribution in [2.75, 3.05) is 18.5 Å². The highest BCUT2D eigenvalue weighted by Crippen LogP contribution is 2.34. The van der Waals surface area contributed by atoms with Gasteiger partial charge in [-0.2, -0.15) is 9.78 Å². The van der Waals surface area contributed by atoms with E-state index in [1.54, 1.807) is 36.4 Å². The summed E-state index contributed by atoms with van der Waals surface area (Å²) in [5.74, 6) is 0.260. The van der Waals surface area contributed by atoms with E-state index in [0.717, 1.165) is 9.86 Å². The number of aromatic nitrogens is 2. The Labute approximate surface area is 277 Å². The number of benzene rings is 4. The van der Waals surface area contributed by atoms with Crippen LogP contribution in [0.1, 0.15) is 12.5 Å². The van der Waals surface area contributed by atoms with Gasteiger partial charge in [0.05, 0.1) is 33.0 Å². The number of ether oxygens (including phenoxy) is 2. The zero-order valence-corrected chi connectivity index (χ0v) is 27.3. The van der Waals surface area contributed by atoms with Crippen LogP contribution in [0, 0.1) is 9.39 Å². The molecule has 0 fully saturated rings. The molecule has 0 saturated carbocycles. The maximum absolute atomic E-state index is 13.9. The maximum Gasteiger partial charge on any atom is 0.282 e. The van der Waals surface area contributed by atoms with Crippen LogP contribution >= 0.6 is 38.5 Å². The number of para-hydroxylation sites is 2. The number of hydrogen-bond donors (Lipinski definition) is 1. The van der Waals surface area contributed by atoms with Crippen LogP contribution in [0.4, 0.5) is 10.1 Å². The summed E-state index contributed by atoms with van der Waals surface area (Å²) >= 11 is 5.55. The molecule has 12 heteroatoms. The number of carbonyl (C=O) groups excluding carboxylic acids is 1. The lowest BCUT2D eigenvalue weighted by Gasteiger charge is -2.15. The summed E-state index contributed by atoms with van der Waals surface area (Å²) in [5, 5.41) is 8.28. The number of rotatable bonds is 9. The predicted octanol–water partition coefficient (Wildman–Crippen LogP) is 7.61. The summed E-state index contributed by atoms with van der Waals surface area (Å²) < 4.78 is 34.4. The lowest BCUT2D eigenvalue weighted by molar-refractivity contribution is -0.118. The molecule has 0 aliphatic carbocycles. The topological polar surface area (TPSA) is 108 Å². The average molecular weight is 781 g/mol. The highest BCUT2D eigenvalue weighted by molar-refractivity contribution is 14.1. The molecule has 4 aromatic carbocycles. The van der Waals surface area contributed by atoms with Gasteiger partial charge in [0, 0.05) is 9.86 Å². The van der Waals surface area contributed by atoms with Crippen LogP contribution in [-0.2, 0) is 4.79 Å². The molecule has 0 unspecified atom stereocenters. The number of carbonyl (C=O) groups is 1. The summed E-state index contributed by atoms with van der Waals surface area (Å²) in [6.07, 6.45) is 1.51. The predicted molar refractivity (Wildman–Crippen MR) is 183 cm³/mol. The van der Waals surface area contributed by atoms with E-state index in [2.05, 4.69) is 48.9 Å². The van der Waals surface area contributed by atoms with E-state index in [0.29, 0.717) is 49.5 Å². The molecule has 2 aromatic heterocycles. The van der Waals surface area contributed by atoms with Crippen molar-refractivity contribution in [3.63, 3.8) is 0 Å². The van der Waals surface area contributed by atoms with Crippen LogP contribution in [0.25, 0.3) is 33.5 Å². The standard InChI is InChI=1S/C33H23BrFIN4O5/c1-2-43-28-14-19(13-24(36)31(28)44-18-30(41)38-26-10-6-4-8-23(26)35)17-37-40-32(39-25-9-5-3-7-22(25)33(40)42)29-16-20-15-21(34)11-12-27(20)45-29/h3-17H,2,18H2,1H3,(H,38,41). The molecule has 1 amide bonds. The first-order valence-corrected chi connectivity index (χ1v) is 15.6. The van der Waals surface area contributed by atoms with Gasteiger partial charge in [-0.15, -0.1) is 0 Å². The molecule has 6 rings (SSSR count). The van der Waals surface area contributed by atoms with E-state index in [-0.39, 0.29) is 23.7 Å². The van der Waals surface area contributed by atoms with Gasteiger partial charge >= 0.3 is 0 Å². The molecule has 9 nitrogen and oxygen atoms in total. The SMILES string of the molecule is CCOc1cc(C=Nn2c(-c3cc4cc(Br)ccc4o3)nc3ccccc3c2=O)cc(I)c1OCC(=O)Nc1ccccc1F. The first-order chi connectivity index (χ1) is 21.8. The average Bonchev–Trinajstić information content (AvgIpc) is 3.44. The van der Waals surface area contributed by atoms with Crippen molar-refractivity contribution in [2.45, 2.75) is 6.92 Å². The Morgan fingerprint density at radius 1 is 1.09 bits per heavy atom. The number of amides is 1. The van der Waals surface area contributed by atoms with E-state index >= 15 is 0 Å². The van der Waals surface area contributed by atoms with Crippen LogP contribution in [0.3, 0.4) is 0 Å². The third-order valence-corrected chi connectivity index (χ3v) is 7.90. The van der Waals surface area contributed by atoms with Crippen LogP contribution in [0.5, 0.6) is 11.5 Å². The van der Waals surface area contributed by atoms with E-state index in [4.69, 9.17) is 18.9 Å². The molecule has 0 aliphatic rings. The lowest BCUT2D eigenvalue weighted by Crippen LogP contribution is -2.21. The quantitative estimate of drug-likeness (QED) is 0.120. The number of furan rings is 1. The van der Waals surface area contributed by atoms with Crippen LogP contribution < -0.4 is 20.3 Å². The summed E-state index contributed by atoms with van der Waals surface area (Å²) in [6, 6.07) is 23.8. The van der Waals surface area contributed by atoms with Crippen molar-refractivity contribution in [1.29, 1.82) is 0 Å². The molecule has 0 radical (unpaired) electrons. The molecule has 1 N–H and O–H groups in total. The van der Waals surface area contributed by atoms with Gasteiger partial charge in [0.1, 0.15) is 11.4 Å². The number of anilines is 1. The fraction of sp³-hybridized carbons (Fsp3) is 0.0909. The number of hydrogen-bond acceptors (Lipinski definition) is 7. The normalized spacial score (nSPS) is 11.4. The minimum Gasteiger partial charge on any atom is -0.490 e.